The molecule has 16 heavy (non-hydrogen) atoms. The van der Waals surface area contributed by atoms with Crippen LogP contribution in [0.2, 0.25) is 0 Å². The van der Waals surface area contributed by atoms with Gasteiger partial charge in [-0.15, -0.1) is 0 Å². The van der Waals surface area contributed by atoms with Gasteiger partial charge in [0.15, 0.2) is 0 Å². The molecule has 2 fully saturated rings. The van der Waals surface area contributed by atoms with Crippen molar-refractivity contribution in [2.75, 3.05) is 19.6 Å². The van der Waals surface area contributed by atoms with Crippen molar-refractivity contribution < 1.29 is 4.79 Å². The third-order valence-electron chi connectivity index (χ3n) is 4.39. The molecule has 1 heterocycles. The Morgan fingerprint density at radius 2 is 1.75 bits per heavy atom. The molecule has 0 atom stereocenters. The summed E-state index contributed by atoms with van der Waals surface area (Å²) in [5.41, 5.74) is 0.578. The van der Waals surface area contributed by atoms with Crippen LogP contribution in [0.25, 0.3) is 0 Å². The van der Waals surface area contributed by atoms with Gasteiger partial charge in [0.1, 0.15) is 5.78 Å². The number of likely N-dealkylation sites (tertiary alicyclic amines) is 1. The summed E-state index contributed by atoms with van der Waals surface area (Å²) in [4.78, 5) is 13.7. The summed E-state index contributed by atoms with van der Waals surface area (Å²) in [6.07, 6.45) is 7.11. The van der Waals surface area contributed by atoms with Gasteiger partial charge in [-0.25, -0.2) is 0 Å². The van der Waals surface area contributed by atoms with Crippen LogP contribution in [0, 0.1) is 11.3 Å². The average molecular weight is 223 g/mol. The van der Waals surface area contributed by atoms with Crippen molar-refractivity contribution in [1.29, 1.82) is 0 Å². The van der Waals surface area contributed by atoms with Crippen LogP contribution in [0.15, 0.2) is 0 Å². The second kappa shape index (κ2) is 4.87. The molecule has 0 aromatic rings. The number of nitrogens with zero attached hydrogens (tertiary/aromatic N) is 1. The van der Waals surface area contributed by atoms with Gasteiger partial charge >= 0.3 is 0 Å². The van der Waals surface area contributed by atoms with Crippen molar-refractivity contribution >= 4 is 5.78 Å². The fourth-order valence-electron chi connectivity index (χ4n) is 2.99. The first-order chi connectivity index (χ1) is 7.55. The number of piperidine rings is 1. The lowest BCUT2D eigenvalue weighted by Crippen LogP contribution is -2.38. The Balaban J connectivity index is 1.72. The zero-order valence-electron chi connectivity index (χ0n) is 10.8. The van der Waals surface area contributed by atoms with Crippen molar-refractivity contribution in [1.82, 2.24) is 4.90 Å². The molecule has 0 bridgehead atoms. The largest absolute Gasteiger partial charge is 0.302 e. The Morgan fingerprint density at radius 1 is 1.19 bits per heavy atom. The standard InChI is InChI=1S/C14H25NO/c1-14(2)7-3-12(4-8-14)11-15-9-5-13(16)6-10-15/h12H,3-11H2,1-2H3. The van der Waals surface area contributed by atoms with Crippen LogP contribution in [0.4, 0.5) is 0 Å². The van der Waals surface area contributed by atoms with Crippen molar-refractivity contribution in [3.63, 3.8) is 0 Å². The summed E-state index contributed by atoms with van der Waals surface area (Å²) in [7, 11) is 0. The number of carbonyl (C=O) groups is 1. The van der Waals surface area contributed by atoms with Crippen LogP contribution in [-0.4, -0.2) is 30.3 Å². The maximum absolute atomic E-state index is 11.2. The summed E-state index contributed by atoms with van der Waals surface area (Å²) in [5.74, 6) is 1.35. The maximum Gasteiger partial charge on any atom is 0.135 e. The number of hydrogen-bond acceptors (Lipinski definition) is 2. The molecule has 2 aliphatic rings. The summed E-state index contributed by atoms with van der Waals surface area (Å²) >= 11 is 0. The summed E-state index contributed by atoms with van der Waals surface area (Å²) < 4.78 is 0. The molecule has 1 aliphatic carbocycles. The molecule has 2 rings (SSSR count). The van der Waals surface area contributed by atoms with E-state index in [1.807, 2.05) is 0 Å². The topological polar surface area (TPSA) is 20.3 Å². The highest BCUT2D eigenvalue weighted by Gasteiger charge is 2.28. The van der Waals surface area contributed by atoms with Gasteiger partial charge in [-0.2, -0.15) is 0 Å². The van der Waals surface area contributed by atoms with E-state index < -0.39 is 0 Å². The highest BCUT2D eigenvalue weighted by atomic mass is 16.1. The van der Waals surface area contributed by atoms with E-state index in [0.717, 1.165) is 31.8 Å². The van der Waals surface area contributed by atoms with E-state index >= 15 is 0 Å². The molecule has 2 nitrogen and oxygen atoms in total. The highest BCUT2D eigenvalue weighted by molar-refractivity contribution is 5.79. The molecule has 1 aliphatic heterocycles. The number of Topliss-reactive ketones (excluding diaryl/α,β-unsaturated/α-hetero) is 1. The van der Waals surface area contributed by atoms with Crippen molar-refractivity contribution in [2.45, 2.75) is 52.4 Å². The van der Waals surface area contributed by atoms with E-state index in [4.69, 9.17) is 0 Å². The molecular formula is C14H25NO. The van der Waals surface area contributed by atoms with E-state index in [9.17, 15) is 4.79 Å². The van der Waals surface area contributed by atoms with Crippen molar-refractivity contribution in [3.8, 4) is 0 Å². The SMILES string of the molecule is CC1(C)CCC(CN2CCC(=O)CC2)CC1. The Bertz CT molecular complexity index is 239. The van der Waals surface area contributed by atoms with Gasteiger partial charge in [0.25, 0.3) is 0 Å². The van der Waals surface area contributed by atoms with Gasteiger partial charge in [-0.1, -0.05) is 13.8 Å². The highest BCUT2D eigenvalue weighted by Crippen LogP contribution is 2.38. The molecule has 0 N–H and O–H groups in total. The molecule has 0 radical (unpaired) electrons. The normalized spacial score (nSPS) is 28.2. The molecule has 0 unspecified atom stereocenters. The third kappa shape index (κ3) is 3.31. The van der Waals surface area contributed by atoms with Crippen LogP contribution in [0.1, 0.15) is 52.4 Å². The first kappa shape index (κ1) is 12.1. The molecule has 1 saturated carbocycles. The number of rotatable bonds is 2. The smallest absolute Gasteiger partial charge is 0.135 e. The summed E-state index contributed by atoms with van der Waals surface area (Å²) in [6.45, 7) is 8.05. The lowest BCUT2D eigenvalue weighted by atomic mass is 9.73. The summed E-state index contributed by atoms with van der Waals surface area (Å²) in [6, 6.07) is 0. The Hall–Kier alpha value is -0.370. The molecule has 0 spiro atoms. The molecule has 1 saturated heterocycles. The number of hydrogen-bond donors (Lipinski definition) is 0. The molecular weight excluding hydrogens is 198 g/mol. The van der Waals surface area contributed by atoms with Crippen LogP contribution in [0.3, 0.4) is 0 Å². The Labute approximate surface area is 99.4 Å². The fraction of sp³-hybridized carbons (Fsp3) is 0.929. The van der Waals surface area contributed by atoms with E-state index in [2.05, 4.69) is 18.7 Å². The molecule has 0 aromatic carbocycles. The Morgan fingerprint density at radius 3 is 2.31 bits per heavy atom. The zero-order valence-corrected chi connectivity index (χ0v) is 10.8. The average Bonchev–Trinajstić information content (AvgIpc) is 2.24. The minimum atomic E-state index is 0.459. The van der Waals surface area contributed by atoms with Crippen molar-refractivity contribution in [3.05, 3.63) is 0 Å². The van der Waals surface area contributed by atoms with Crippen LogP contribution >= 0.6 is 0 Å². The van der Waals surface area contributed by atoms with E-state index in [-0.39, 0.29) is 0 Å². The predicted octanol–water partition coefficient (Wildman–Crippen LogP) is 2.87. The van der Waals surface area contributed by atoms with E-state index in [1.54, 1.807) is 0 Å². The molecule has 92 valence electrons. The van der Waals surface area contributed by atoms with E-state index in [1.165, 1.54) is 32.2 Å². The van der Waals surface area contributed by atoms with Crippen LogP contribution in [-0.2, 0) is 4.79 Å². The van der Waals surface area contributed by atoms with Crippen LogP contribution < -0.4 is 0 Å². The summed E-state index contributed by atoms with van der Waals surface area (Å²) in [5, 5.41) is 0. The fourth-order valence-corrected chi connectivity index (χ4v) is 2.99. The maximum atomic E-state index is 11.2. The van der Waals surface area contributed by atoms with Gasteiger partial charge in [-0.3, -0.25) is 4.79 Å². The Kier molecular flexibility index (Phi) is 3.68. The van der Waals surface area contributed by atoms with Crippen LogP contribution in [0.5, 0.6) is 0 Å². The number of carbonyl (C=O) groups excluding carboxylic acids is 1. The molecule has 0 aromatic heterocycles. The molecule has 0 amide bonds. The predicted molar refractivity (Wildman–Crippen MR) is 66.4 cm³/mol. The second-order valence-electron chi connectivity index (χ2n) is 6.45. The minimum absolute atomic E-state index is 0.459. The first-order valence-corrected chi connectivity index (χ1v) is 6.79. The van der Waals surface area contributed by atoms with E-state index in [0.29, 0.717) is 11.2 Å². The number of ketones is 1. The van der Waals surface area contributed by atoms with Gasteiger partial charge in [0.2, 0.25) is 0 Å². The first-order valence-electron chi connectivity index (χ1n) is 6.79. The minimum Gasteiger partial charge on any atom is -0.302 e. The monoisotopic (exact) mass is 223 g/mol. The quantitative estimate of drug-likeness (QED) is 0.717. The molecule has 2 heteroatoms. The van der Waals surface area contributed by atoms with Gasteiger partial charge in [0.05, 0.1) is 0 Å². The lowest BCUT2D eigenvalue weighted by molar-refractivity contribution is -0.121. The third-order valence-corrected chi connectivity index (χ3v) is 4.39. The van der Waals surface area contributed by atoms with Crippen molar-refractivity contribution in [2.24, 2.45) is 11.3 Å². The van der Waals surface area contributed by atoms with Gasteiger partial charge in [-0.05, 0) is 37.0 Å². The lowest BCUT2D eigenvalue weighted by Gasteiger charge is -2.37. The zero-order chi connectivity index (χ0) is 11.6. The van der Waals surface area contributed by atoms with Gasteiger partial charge in [0, 0.05) is 32.5 Å². The second-order valence-corrected chi connectivity index (χ2v) is 6.45. The van der Waals surface area contributed by atoms with Gasteiger partial charge < -0.3 is 4.90 Å².